The van der Waals surface area contributed by atoms with Crippen LogP contribution in [-0.4, -0.2) is 25.7 Å². The van der Waals surface area contributed by atoms with E-state index < -0.39 is 0 Å². The van der Waals surface area contributed by atoms with Crippen molar-refractivity contribution in [2.75, 3.05) is 19.0 Å². The summed E-state index contributed by atoms with van der Waals surface area (Å²) in [6, 6.07) is 14.6. The van der Waals surface area contributed by atoms with Gasteiger partial charge in [-0.05, 0) is 73.7 Å². The van der Waals surface area contributed by atoms with Crippen LogP contribution in [0.2, 0.25) is 0 Å². The van der Waals surface area contributed by atoms with Gasteiger partial charge in [-0.3, -0.25) is 4.79 Å². The van der Waals surface area contributed by atoms with Crippen LogP contribution >= 0.6 is 0 Å². The van der Waals surface area contributed by atoms with E-state index in [0.29, 0.717) is 23.3 Å². The summed E-state index contributed by atoms with van der Waals surface area (Å²) < 4.78 is 16.5. The molecule has 3 rings (SSSR count). The van der Waals surface area contributed by atoms with E-state index in [1.807, 2.05) is 30.3 Å². The van der Waals surface area contributed by atoms with Gasteiger partial charge in [0.1, 0.15) is 11.8 Å². The second kappa shape index (κ2) is 10.2. The number of carbonyl (C=O) groups is 1. The number of methoxy groups -OCH3 is 1. The molecular formula is C23H24N2O4. The second-order valence-electron chi connectivity index (χ2n) is 6.73. The number of hydrogen-bond acceptors (Lipinski definition) is 5. The molecule has 0 saturated heterocycles. The van der Waals surface area contributed by atoms with Gasteiger partial charge in [0.15, 0.2) is 18.1 Å². The molecule has 0 unspecified atom stereocenters. The van der Waals surface area contributed by atoms with Gasteiger partial charge in [-0.2, -0.15) is 5.26 Å². The molecule has 1 N–H and O–H groups in total. The molecule has 0 atom stereocenters. The van der Waals surface area contributed by atoms with Gasteiger partial charge in [0.2, 0.25) is 5.91 Å². The lowest BCUT2D eigenvalue weighted by atomic mass is 10.2. The maximum absolute atomic E-state index is 12.2. The molecule has 0 bridgehead atoms. The Kier molecular flexibility index (Phi) is 7.12. The Morgan fingerprint density at radius 3 is 2.62 bits per heavy atom. The number of nitrogens with zero attached hydrogens (tertiary/aromatic N) is 1. The van der Waals surface area contributed by atoms with Crippen LogP contribution in [0.4, 0.5) is 5.69 Å². The molecule has 2 aromatic rings. The minimum absolute atomic E-state index is 0.0571. The zero-order chi connectivity index (χ0) is 20.5. The molecule has 6 nitrogen and oxygen atoms in total. The van der Waals surface area contributed by atoms with Crippen molar-refractivity contribution in [2.45, 2.75) is 31.8 Å². The summed E-state index contributed by atoms with van der Waals surface area (Å²) in [6.45, 7) is -0.0571. The zero-order valence-corrected chi connectivity index (χ0v) is 16.4. The maximum Gasteiger partial charge on any atom is 0.248 e. The van der Waals surface area contributed by atoms with Crippen molar-refractivity contribution in [3.63, 3.8) is 0 Å². The predicted octanol–water partition coefficient (Wildman–Crippen LogP) is 4.57. The van der Waals surface area contributed by atoms with E-state index in [9.17, 15) is 4.79 Å². The van der Waals surface area contributed by atoms with E-state index >= 15 is 0 Å². The van der Waals surface area contributed by atoms with E-state index in [1.54, 1.807) is 24.3 Å². The highest BCUT2D eigenvalue weighted by Gasteiger charge is 2.16. The molecule has 29 heavy (non-hydrogen) atoms. The summed E-state index contributed by atoms with van der Waals surface area (Å²) in [5.74, 6) is 1.57. The van der Waals surface area contributed by atoms with Crippen molar-refractivity contribution in [1.29, 1.82) is 5.26 Å². The molecule has 6 heteroatoms. The summed E-state index contributed by atoms with van der Waals surface area (Å²) in [6.07, 6.45) is 8.13. The Morgan fingerprint density at radius 1 is 1.17 bits per heavy atom. The number of anilines is 1. The molecule has 0 aliphatic heterocycles. The number of hydrogen-bond donors (Lipinski definition) is 1. The third kappa shape index (κ3) is 6.01. The molecule has 1 aliphatic rings. The Bertz CT molecular complexity index is 894. The lowest BCUT2D eigenvalue weighted by Crippen LogP contribution is -2.11. The number of nitriles is 1. The van der Waals surface area contributed by atoms with Crippen molar-refractivity contribution in [2.24, 2.45) is 0 Å². The number of ether oxygens (including phenoxy) is 3. The number of carbonyl (C=O) groups excluding carboxylic acids is 1. The molecule has 1 saturated carbocycles. The van der Waals surface area contributed by atoms with E-state index in [2.05, 4.69) is 5.32 Å². The molecule has 150 valence electrons. The Balaban J connectivity index is 1.55. The van der Waals surface area contributed by atoms with Gasteiger partial charge in [0.25, 0.3) is 0 Å². The highest BCUT2D eigenvalue weighted by Crippen LogP contribution is 2.28. The van der Waals surface area contributed by atoms with Crippen LogP contribution in [0, 0.1) is 11.3 Å². The average Bonchev–Trinajstić information content (AvgIpc) is 3.25. The molecule has 1 aliphatic carbocycles. The largest absolute Gasteiger partial charge is 0.493 e. The SMILES string of the molecule is COc1cc(/C=C/C(=O)Nc2ccc(OC3CCCC3)cc2)ccc1OCC#N. The fraction of sp³-hybridized carbons (Fsp3) is 0.304. The summed E-state index contributed by atoms with van der Waals surface area (Å²) in [5.41, 5.74) is 1.48. The monoisotopic (exact) mass is 392 g/mol. The smallest absolute Gasteiger partial charge is 0.248 e. The van der Waals surface area contributed by atoms with Gasteiger partial charge < -0.3 is 19.5 Å². The fourth-order valence-electron chi connectivity index (χ4n) is 3.19. The van der Waals surface area contributed by atoms with Crippen molar-refractivity contribution in [3.05, 3.63) is 54.1 Å². The summed E-state index contributed by atoms with van der Waals surface area (Å²) in [7, 11) is 1.52. The minimum Gasteiger partial charge on any atom is -0.493 e. The van der Waals surface area contributed by atoms with E-state index in [-0.39, 0.29) is 12.5 Å². The number of amides is 1. The predicted molar refractivity (Wildman–Crippen MR) is 111 cm³/mol. The quantitative estimate of drug-likeness (QED) is 0.666. The molecule has 0 spiro atoms. The van der Waals surface area contributed by atoms with Crippen LogP contribution in [0.15, 0.2) is 48.5 Å². The van der Waals surface area contributed by atoms with Crippen LogP contribution in [0.1, 0.15) is 31.2 Å². The third-order valence-corrected chi connectivity index (χ3v) is 4.63. The van der Waals surface area contributed by atoms with Gasteiger partial charge in [-0.25, -0.2) is 0 Å². The van der Waals surface area contributed by atoms with Crippen LogP contribution in [0.3, 0.4) is 0 Å². The Hall–Kier alpha value is -3.46. The van der Waals surface area contributed by atoms with Gasteiger partial charge in [-0.1, -0.05) is 6.07 Å². The molecule has 1 amide bonds. The molecule has 2 aromatic carbocycles. The summed E-state index contributed by atoms with van der Waals surface area (Å²) >= 11 is 0. The van der Waals surface area contributed by atoms with Crippen molar-refractivity contribution in [1.82, 2.24) is 0 Å². The van der Waals surface area contributed by atoms with E-state index in [0.717, 1.165) is 24.2 Å². The first-order valence-electron chi connectivity index (χ1n) is 9.61. The average molecular weight is 392 g/mol. The summed E-state index contributed by atoms with van der Waals surface area (Å²) in [5, 5.41) is 11.4. The first-order chi connectivity index (χ1) is 14.2. The normalized spacial score (nSPS) is 13.8. The first kappa shape index (κ1) is 20.3. The van der Waals surface area contributed by atoms with E-state index in [1.165, 1.54) is 26.0 Å². The third-order valence-electron chi connectivity index (χ3n) is 4.63. The Morgan fingerprint density at radius 2 is 1.93 bits per heavy atom. The number of benzene rings is 2. The highest BCUT2D eigenvalue weighted by molar-refractivity contribution is 6.01. The van der Waals surface area contributed by atoms with Crippen LogP contribution in [0.5, 0.6) is 17.2 Å². The van der Waals surface area contributed by atoms with E-state index in [4.69, 9.17) is 19.5 Å². The van der Waals surface area contributed by atoms with Gasteiger partial charge in [-0.15, -0.1) is 0 Å². The van der Waals surface area contributed by atoms with Gasteiger partial charge >= 0.3 is 0 Å². The van der Waals surface area contributed by atoms with Crippen LogP contribution in [-0.2, 0) is 4.79 Å². The molecule has 0 aromatic heterocycles. The maximum atomic E-state index is 12.2. The molecule has 1 fully saturated rings. The molecule has 0 heterocycles. The van der Waals surface area contributed by atoms with Crippen molar-refractivity contribution in [3.8, 4) is 23.3 Å². The molecular weight excluding hydrogens is 368 g/mol. The standard InChI is InChI=1S/C23H24N2O4/c1-27-22-16-17(6-12-21(22)28-15-14-24)7-13-23(26)25-18-8-10-20(11-9-18)29-19-4-2-3-5-19/h6-13,16,19H,2-5,15H2,1H3,(H,25,26)/b13-7+. The van der Waals surface area contributed by atoms with Crippen LogP contribution in [0.25, 0.3) is 6.08 Å². The number of nitrogens with one attached hydrogen (secondary N) is 1. The lowest BCUT2D eigenvalue weighted by Gasteiger charge is -2.13. The highest BCUT2D eigenvalue weighted by atomic mass is 16.5. The van der Waals surface area contributed by atoms with Crippen molar-refractivity contribution < 1.29 is 19.0 Å². The zero-order valence-electron chi connectivity index (χ0n) is 16.4. The van der Waals surface area contributed by atoms with Crippen LogP contribution < -0.4 is 19.5 Å². The first-order valence-corrected chi connectivity index (χ1v) is 9.61. The lowest BCUT2D eigenvalue weighted by molar-refractivity contribution is -0.111. The fourth-order valence-corrected chi connectivity index (χ4v) is 3.19. The minimum atomic E-state index is -0.238. The van der Waals surface area contributed by atoms with Gasteiger partial charge in [0.05, 0.1) is 13.2 Å². The van der Waals surface area contributed by atoms with Gasteiger partial charge in [0, 0.05) is 11.8 Å². The van der Waals surface area contributed by atoms with Crippen molar-refractivity contribution >= 4 is 17.7 Å². The summed E-state index contributed by atoms with van der Waals surface area (Å²) in [4.78, 5) is 12.2. The second-order valence-corrected chi connectivity index (χ2v) is 6.73. The topological polar surface area (TPSA) is 80.6 Å². The molecule has 0 radical (unpaired) electrons. The Labute approximate surface area is 170 Å². The number of rotatable bonds is 8.